The molecule has 0 saturated carbocycles. The predicted molar refractivity (Wildman–Crippen MR) is 81.3 cm³/mol. The fourth-order valence-electron chi connectivity index (χ4n) is 1.66. The molecule has 126 valence electrons. The number of carboxylic acids is 1. The van der Waals surface area contributed by atoms with Crippen molar-refractivity contribution in [2.45, 2.75) is 64.9 Å². The Morgan fingerprint density at radius 1 is 1.09 bits per heavy atom. The number of rotatable bonds is 12. The van der Waals surface area contributed by atoms with Crippen molar-refractivity contribution < 1.29 is 29.0 Å². The molecule has 0 aromatic rings. The van der Waals surface area contributed by atoms with Crippen LogP contribution in [0.5, 0.6) is 0 Å². The van der Waals surface area contributed by atoms with Gasteiger partial charge < -0.3 is 14.6 Å². The fraction of sp³-hybridized carbons (Fsp3) is 0.688. The van der Waals surface area contributed by atoms with Crippen molar-refractivity contribution >= 4 is 17.9 Å². The van der Waals surface area contributed by atoms with Crippen LogP contribution in [0, 0.1) is 0 Å². The molecular weight excluding hydrogens is 288 g/mol. The maximum atomic E-state index is 11.5. The average molecular weight is 314 g/mol. The second kappa shape index (κ2) is 11.8. The second-order valence-corrected chi connectivity index (χ2v) is 5.15. The minimum atomic E-state index is -1.27. The third-order valence-corrected chi connectivity index (χ3v) is 3.04. The minimum Gasteiger partial charge on any atom is -0.479 e. The highest BCUT2D eigenvalue weighted by molar-refractivity contribution is 5.94. The highest BCUT2D eigenvalue weighted by Gasteiger charge is 2.20. The lowest BCUT2D eigenvalue weighted by atomic mass is 10.1. The smallest absolute Gasteiger partial charge is 0.344 e. The Morgan fingerprint density at radius 3 is 2.27 bits per heavy atom. The molecule has 0 heterocycles. The molecule has 0 aliphatic rings. The van der Waals surface area contributed by atoms with Crippen molar-refractivity contribution in [2.75, 3.05) is 6.61 Å². The van der Waals surface area contributed by atoms with Crippen molar-refractivity contribution in [2.24, 2.45) is 0 Å². The lowest BCUT2D eigenvalue weighted by molar-refractivity contribution is -0.160. The van der Waals surface area contributed by atoms with Crippen LogP contribution in [0.1, 0.15) is 58.8 Å². The van der Waals surface area contributed by atoms with Gasteiger partial charge in [-0.3, -0.25) is 4.79 Å². The molecule has 6 heteroatoms. The van der Waals surface area contributed by atoms with Crippen LogP contribution >= 0.6 is 0 Å². The first-order valence-electron chi connectivity index (χ1n) is 7.65. The van der Waals surface area contributed by atoms with Gasteiger partial charge in [-0.05, 0) is 13.3 Å². The quantitative estimate of drug-likeness (QED) is 0.338. The Hall–Kier alpha value is -1.85. The Bertz CT molecular complexity index is 388. The number of unbranched alkanes of at least 4 members (excludes halogenated alkanes) is 5. The molecule has 0 bridgehead atoms. The van der Waals surface area contributed by atoms with E-state index < -0.39 is 24.0 Å². The van der Waals surface area contributed by atoms with Gasteiger partial charge in [0.05, 0.1) is 13.0 Å². The molecule has 0 saturated heterocycles. The molecule has 6 nitrogen and oxygen atoms in total. The summed E-state index contributed by atoms with van der Waals surface area (Å²) in [6.45, 7) is 7.11. The third kappa shape index (κ3) is 9.96. The molecule has 0 amide bonds. The summed E-state index contributed by atoms with van der Waals surface area (Å²) in [5, 5.41) is 8.62. The second-order valence-electron chi connectivity index (χ2n) is 5.15. The van der Waals surface area contributed by atoms with E-state index in [2.05, 4.69) is 18.2 Å². The summed E-state index contributed by atoms with van der Waals surface area (Å²) in [4.78, 5) is 33.5. The SMILES string of the molecule is C=C(CC(=O)OCCCCCCCC)C(=O)OC(C)C(=O)O. The molecule has 22 heavy (non-hydrogen) atoms. The summed E-state index contributed by atoms with van der Waals surface area (Å²) in [6, 6.07) is 0. The summed E-state index contributed by atoms with van der Waals surface area (Å²) in [5.74, 6) is -2.71. The topological polar surface area (TPSA) is 89.9 Å². The summed E-state index contributed by atoms with van der Waals surface area (Å²) in [7, 11) is 0. The number of esters is 2. The monoisotopic (exact) mass is 314 g/mol. The molecule has 0 aliphatic carbocycles. The van der Waals surface area contributed by atoms with Crippen LogP contribution < -0.4 is 0 Å². The Balaban J connectivity index is 3.80. The van der Waals surface area contributed by atoms with Crippen LogP contribution in [0.15, 0.2) is 12.2 Å². The summed E-state index contributed by atoms with van der Waals surface area (Å²) < 4.78 is 9.61. The Kier molecular flexibility index (Phi) is 10.8. The van der Waals surface area contributed by atoms with Crippen LogP contribution in [-0.4, -0.2) is 35.7 Å². The van der Waals surface area contributed by atoms with E-state index in [9.17, 15) is 14.4 Å². The van der Waals surface area contributed by atoms with Gasteiger partial charge in [-0.1, -0.05) is 45.6 Å². The summed E-state index contributed by atoms with van der Waals surface area (Å²) in [5.41, 5.74) is -0.110. The van der Waals surface area contributed by atoms with Crippen LogP contribution in [0.4, 0.5) is 0 Å². The first-order valence-corrected chi connectivity index (χ1v) is 7.65. The van der Waals surface area contributed by atoms with Crippen molar-refractivity contribution in [3.05, 3.63) is 12.2 Å². The molecule has 0 aliphatic heterocycles. The number of carbonyl (C=O) groups is 3. The van der Waals surface area contributed by atoms with Crippen LogP contribution in [-0.2, 0) is 23.9 Å². The fourth-order valence-corrected chi connectivity index (χ4v) is 1.66. The third-order valence-electron chi connectivity index (χ3n) is 3.04. The van der Waals surface area contributed by atoms with E-state index in [4.69, 9.17) is 9.84 Å². The van der Waals surface area contributed by atoms with Crippen molar-refractivity contribution in [3.63, 3.8) is 0 Å². The van der Waals surface area contributed by atoms with Crippen molar-refractivity contribution in [1.82, 2.24) is 0 Å². The van der Waals surface area contributed by atoms with E-state index in [0.29, 0.717) is 6.61 Å². The van der Waals surface area contributed by atoms with E-state index in [1.165, 1.54) is 26.2 Å². The molecule has 0 fully saturated rings. The van der Waals surface area contributed by atoms with E-state index in [1.807, 2.05) is 0 Å². The van der Waals surface area contributed by atoms with Gasteiger partial charge in [-0.25, -0.2) is 9.59 Å². The van der Waals surface area contributed by atoms with Crippen molar-refractivity contribution in [1.29, 1.82) is 0 Å². The maximum Gasteiger partial charge on any atom is 0.344 e. The zero-order valence-corrected chi connectivity index (χ0v) is 13.4. The largest absolute Gasteiger partial charge is 0.479 e. The average Bonchev–Trinajstić information content (AvgIpc) is 2.45. The summed E-state index contributed by atoms with van der Waals surface area (Å²) >= 11 is 0. The lowest BCUT2D eigenvalue weighted by Gasteiger charge is -2.10. The molecule has 0 spiro atoms. The predicted octanol–water partition coefficient (Wildman–Crippen LogP) is 2.85. The number of hydrogen-bond acceptors (Lipinski definition) is 5. The molecule has 0 aromatic carbocycles. The van der Waals surface area contributed by atoms with E-state index in [0.717, 1.165) is 19.3 Å². The van der Waals surface area contributed by atoms with Gasteiger partial charge in [-0.2, -0.15) is 0 Å². The molecule has 1 unspecified atom stereocenters. The van der Waals surface area contributed by atoms with E-state index >= 15 is 0 Å². The van der Waals surface area contributed by atoms with E-state index in [1.54, 1.807) is 0 Å². The highest BCUT2D eigenvalue weighted by Crippen LogP contribution is 2.08. The van der Waals surface area contributed by atoms with Gasteiger partial charge >= 0.3 is 17.9 Å². The molecular formula is C16H26O6. The Labute approximate surface area is 131 Å². The van der Waals surface area contributed by atoms with Gasteiger partial charge in [0.2, 0.25) is 0 Å². The highest BCUT2D eigenvalue weighted by atomic mass is 16.6. The minimum absolute atomic E-state index is 0.110. The lowest BCUT2D eigenvalue weighted by Crippen LogP contribution is -2.25. The summed E-state index contributed by atoms with van der Waals surface area (Å²) in [6.07, 6.45) is 4.95. The molecule has 1 atom stereocenters. The van der Waals surface area contributed by atoms with Crippen LogP contribution in [0.25, 0.3) is 0 Å². The number of hydrogen-bond donors (Lipinski definition) is 1. The van der Waals surface area contributed by atoms with Gasteiger partial charge in [0.15, 0.2) is 6.10 Å². The van der Waals surface area contributed by atoms with Gasteiger partial charge in [-0.15, -0.1) is 0 Å². The Morgan fingerprint density at radius 2 is 1.68 bits per heavy atom. The zero-order valence-electron chi connectivity index (χ0n) is 13.4. The molecule has 0 radical (unpaired) electrons. The number of ether oxygens (including phenoxy) is 2. The zero-order chi connectivity index (χ0) is 17.0. The molecule has 1 N–H and O–H groups in total. The number of carbonyl (C=O) groups excluding carboxylic acids is 2. The van der Waals surface area contributed by atoms with Crippen molar-refractivity contribution in [3.8, 4) is 0 Å². The van der Waals surface area contributed by atoms with E-state index in [-0.39, 0.29) is 12.0 Å². The van der Waals surface area contributed by atoms with Gasteiger partial charge in [0.1, 0.15) is 0 Å². The normalized spacial score (nSPS) is 11.5. The first kappa shape index (κ1) is 20.1. The number of carboxylic acid groups (broad SMARTS) is 1. The number of aliphatic carboxylic acids is 1. The maximum absolute atomic E-state index is 11.5. The molecule has 0 aromatic heterocycles. The van der Waals surface area contributed by atoms with Gasteiger partial charge in [0.25, 0.3) is 0 Å². The van der Waals surface area contributed by atoms with Crippen LogP contribution in [0.3, 0.4) is 0 Å². The first-order chi connectivity index (χ1) is 10.4. The van der Waals surface area contributed by atoms with Gasteiger partial charge in [0, 0.05) is 5.57 Å². The van der Waals surface area contributed by atoms with Crippen LogP contribution in [0.2, 0.25) is 0 Å². The standard InChI is InChI=1S/C16H26O6/c1-4-5-6-7-8-9-10-21-14(17)11-12(2)16(20)22-13(3)15(18)19/h13H,2,4-11H2,1,3H3,(H,18,19). The molecule has 0 rings (SSSR count).